The van der Waals surface area contributed by atoms with Crippen LogP contribution in [-0.4, -0.2) is 66.1 Å². The van der Waals surface area contributed by atoms with Gasteiger partial charge in [0.15, 0.2) is 0 Å². The Balaban J connectivity index is 1.47. The number of aromatic nitrogens is 6. The molecule has 0 fully saturated rings. The number of fused-ring (bicyclic) bond motifs is 1. The van der Waals surface area contributed by atoms with Gasteiger partial charge >= 0.3 is 5.97 Å². The number of unbranched alkanes of at least 4 members (excludes halogenated alkanes) is 1. The number of nitrogens with one attached hydrogen (secondary N) is 1. The molecule has 1 aliphatic rings. The number of carbonyl (C=O) groups is 3. The summed E-state index contributed by atoms with van der Waals surface area (Å²) in [4.78, 5) is 43.6. The smallest absolute Gasteiger partial charge is 0.315 e. The summed E-state index contributed by atoms with van der Waals surface area (Å²) in [6.45, 7) is 4.35. The highest BCUT2D eigenvalue weighted by Gasteiger charge is 2.37. The molecule has 0 bridgehead atoms. The van der Waals surface area contributed by atoms with Crippen LogP contribution in [-0.2, 0) is 38.5 Å². The fourth-order valence-electron chi connectivity index (χ4n) is 5.39. The monoisotopic (exact) mass is 570 g/mol. The van der Waals surface area contributed by atoms with Crippen molar-refractivity contribution in [1.29, 1.82) is 0 Å². The molecule has 1 amide bonds. The van der Waals surface area contributed by atoms with Gasteiger partial charge in [0.1, 0.15) is 18.3 Å². The van der Waals surface area contributed by atoms with Gasteiger partial charge in [0, 0.05) is 31.5 Å². The number of aryl methyl sites for hydroxylation is 1. The van der Waals surface area contributed by atoms with Gasteiger partial charge in [-0.15, -0.1) is 10.2 Å². The van der Waals surface area contributed by atoms with Crippen molar-refractivity contribution < 1.29 is 24.2 Å². The van der Waals surface area contributed by atoms with Crippen LogP contribution in [0.3, 0.4) is 0 Å². The lowest BCUT2D eigenvalue weighted by Gasteiger charge is -2.37. The van der Waals surface area contributed by atoms with E-state index in [9.17, 15) is 19.5 Å². The molecule has 0 saturated carbocycles. The van der Waals surface area contributed by atoms with Crippen molar-refractivity contribution in [2.24, 2.45) is 0 Å². The molecular formula is C30H32N7O5-. The molecule has 1 N–H and O–H groups in total. The Labute approximate surface area is 242 Å². The topological polar surface area (TPSA) is 159 Å². The highest BCUT2D eigenvalue weighted by molar-refractivity contribution is 5.96. The second-order valence-electron chi connectivity index (χ2n) is 10.1. The number of amides is 1. The number of aromatic amines is 1. The average Bonchev–Trinajstić information content (AvgIpc) is 3.65. The first-order valence-corrected chi connectivity index (χ1v) is 14.1. The third kappa shape index (κ3) is 5.92. The lowest BCUT2D eigenvalue weighted by Crippen LogP contribution is -2.49. The molecule has 2 aromatic heterocycles. The molecule has 3 heterocycles. The maximum Gasteiger partial charge on any atom is 0.315 e. The van der Waals surface area contributed by atoms with Crippen molar-refractivity contribution in [3.8, 4) is 22.5 Å². The van der Waals surface area contributed by atoms with Gasteiger partial charge in [0.2, 0.25) is 11.7 Å². The van der Waals surface area contributed by atoms with Crippen molar-refractivity contribution in [2.45, 2.75) is 58.5 Å². The maximum atomic E-state index is 13.0. The molecular weight excluding hydrogens is 538 g/mol. The number of nitrogens with zero attached hydrogens (tertiary/aromatic N) is 6. The van der Waals surface area contributed by atoms with Gasteiger partial charge in [0.25, 0.3) is 0 Å². The Hall–Kier alpha value is -4.87. The number of carbonyl (C=O) groups excluding carboxylic acids is 3. The van der Waals surface area contributed by atoms with Crippen LogP contribution in [0.2, 0.25) is 0 Å². The van der Waals surface area contributed by atoms with Gasteiger partial charge in [0.05, 0.1) is 24.0 Å². The largest absolute Gasteiger partial charge is 0.547 e. The Kier molecular flexibility index (Phi) is 8.70. The lowest BCUT2D eigenvalue weighted by atomic mass is 9.98. The summed E-state index contributed by atoms with van der Waals surface area (Å²) in [5.41, 5.74) is 4.75. The number of carboxylic acids is 1. The minimum absolute atomic E-state index is 0.128. The molecule has 2 aromatic carbocycles. The van der Waals surface area contributed by atoms with Gasteiger partial charge in [-0.2, -0.15) is 5.21 Å². The van der Waals surface area contributed by atoms with Crippen molar-refractivity contribution >= 4 is 17.8 Å². The first kappa shape index (κ1) is 28.7. The fourth-order valence-corrected chi connectivity index (χ4v) is 5.39. The van der Waals surface area contributed by atoms with E-state index in [-0.39, 0.29) is 13.2 Å². The number of rotatable bonds is 11. The normalized spacial score (nSPS) is 14.4. The predicted molar refractivity (Wildman–Crippen MR) is 149 cm³/mol. The number of H-pyrrole nitrogens is 1. The number of aliphatic carboxylic acids is 1. The molecule has 5 rings (SSSR count). The Bertz CT molecular complexity index is 1560. The van der Waals surface area contributed by atoms with Crippen LogP contribution in [0, 0.1) is 0 Å². The highest BCUT2D eigenvalue weighted by atomic mass is 16.5. The zero-order chi connectivity index (χ0) is 29.6. The summed E-state index contributed by atoms with van der Waals surface area (Å²) in [5, 5.41) is 26.9. The quantitative estimate of drug-likeness (QED) is 0.211. The predicted octanol–water partition coefficient (Wildman–Crippen LogP) is 2.25. The van der Waals surface area contributed by atoms with Crippen molar-refractivity contribution in [3.63, 3.8) is 0 Å². The number of carboxylic acid groups (broad SMARTS) is 1. The van der Waals surface area contributed by atoms with Crippen LogP contribution < -0.4 is 5.11 Å². The molecule has 12 heteroatoms. The molecule has 0 saturated heterocycles. The van der Waals surface area contributed by atoms with E-state index in [1.807, 2.05) is 53.1 Å². The molecule has 1 unspecified atom stereocenters. The molecule has 1 atom stereocenters. The van der Waals surface area contributed by atoms with Gasteiger partial charge in [-0.25, -0.2) is 4.98 Å². The van der Waals surface area contributed by atoms with Crippen LogP contribution in [0.15, 0.2) is 48.5 Å². The third-order valence-corrected chi connectivity index (χ3v) is 7.34. The van der Waals surface area contributed by atoms with Crippen LogP contribution >= 0.6 is 0 Å². The Morgan fingerprint density at radius 1 is 1.07 bits per heavy atom. The first-order valence-electron chi connectivity index (χ1n) is 14.1. The SMILES string of the molecule is CCCCc1nc2c(n1Cc1ccc(-c3ccccc3-c3nn[nH]n3)cc1)C(C(=O)[O-])N(C(=O)CC(=O)OCC)CC2. The fraction of sp³-hybridized carbons (Fsp3) is 0.367. The van der Waals surface area contributed by atoms with E-state index >= 15 is 0 Å². The average molecular weight is 571 g/mol. The number of benzene rings is 2. The van der Waals surface area contributed by atoms with E-state index in [0.29, 0.717) is 36.6 Å². The van der Waals surface area contributed by atoms with Crippen molar-refractivity contribution in [2.75, 3.05) is 13.2 Å². The summed E-state index contributed by atoms with van der Waals surface area (Å²) < 4.78 is 6.81. The third-order valence-electron chi connectivity index (χ3n) is 7.34. The summed E-state index contributed by atoms with van der Waals surface area (Å²) >= 11 is 0. The number of hydrogen-bond acceptors (Lipinski definition) is 9. The van der Waals surface area contributed by atoms with Gasteiger partial charge < -0.3 is 24.1 Å². The van der Waals surface area contributed by atoms with Crippen LogP contribution in [0.5, 0.6) is 0 Å². The lowest BCUT2D eigenvalue weighted by molar-refractivity contribution is -0.312. The van der Waals surface area contributed by atoms with Crippen molar-refractivity contribution in [3.05, 3.63) is 71.3 Å². The molecule has 4 aromatic rings. The standard InChI is InChI=1S/C30H33N7O5/c1-3-5-10-24-31-23-15-16-36(25(38)17-26(39)42-4-2)28(30(40)41)27(23)37(24)18-19-11-13-20(14-12-19)21-8-6-7-9-22(21)29-32-34-35-33-29/h6-9,11-14,28H,3-5,10,15-18H2,1-2H3,(H,40,41)(H,32,33,34,35)/p-1. The van der Waals surface area contributed by atoms with E-state index in [1.54, 1.807) is 6.92 Å². The zero-order valence-corrected chi connectivity index (χ0v) is 23.6. The highest BCUT2D eigenvalue weighted by Crippen LogP contribution is 2.33. The molecule has 218 valence electrons. The summed E-state index contributed by atoms with van der Waals surface area (Å²) in [5.74, 6) is -1.45. The molecule has 42 heavy (non-hydrogen) atoms. The number of ether oxygens (including phenoxy) is 1. The van der Waals surface area contributed by atoms with Crippen LogP contribution in [0.4, 0.5) is 0 Å². The second-order valence-corrected chi connectivity index (χ2v) is 10.1. The second kappa shape index (κ2) is 12.8. The minimum Gasteiger partial charge on any atom is -0.547 e. The van der Waals surface area contributed by atoms with Crippen LogP contribution in [0.25, 0.3) is 22.5 Å². The first-order chi connectivity index (χ1) is 20.4. The summed E-state index contributed by atoms with van der Waals surface area (Å²) in [6, 6.07) is 14.4. The number of hydrogen-bond donors (Lipinski definition) is 1. The van der Waals surface area contributed by atoms with E-state index < -0.39 is 30.3 Å². The Morgan fingerprint density at radius 2 is 1.83 bits per heavy atom. The Morgan fingerprint density at radius 3 is 2.50 bits per heavy atom. The minimum atomic E-state index is -1.41. The molecule has 0 aliphatic carbocycles. The van der Waals surface area contributed by atoms with E-state index in [0.717, 1.165) is 40.9 Å². The summed E-state index contributed by atoms with van der Waals surface area (Å²) in [7, 11) is 0. The molecule has 0 spiro atoms. The number of esters is 1. The summed E-state index contributed by atoms with van der Waals surface area (Å²) in [6.07, 6.45) is 2.33. The van der Waals surface area contributed by atoms with E-state index in [1.165, 1.54) is 4.90 Å². The van der Waals surface area contributed by atoms with Gasteiger partial charge in [-0.3, -0.25) is 9.59 Å². The van der Waals surface area contributed by atoms with Gasteiger partial charge in [-0.1, -0.05) is 61.9 Å². The molecule has 12 nitrogen and oxygen atoms in total. The van der Waals surface area contributed by atoms with Gasteiger partial charge in [-0.05, 0) is 35.2 Å². The maximum absolute atomic E-state index is 13.0. The molecule has 1 aliphatic heterocycles. The van der Waals surface area contributed by atoms with Crippen LogP contribution in [0.1, 0.15) is 61.9 Å². The van der Waals surface area contributed by atoms with E-state index in [4.69, 9.17) is 9.72 Å². The number of imidazole rings is 1. The van der Waals surface area contributed by atoms with Crippen molar-refractivity contribution in [1.82, 2.24) is 35.1 Å². The molecule has 0 radical (unpaired) electrons. The zero-order valence-electron chi connectivity index (χ0n) is 23.6. The van der Waals surface area contributed by atoms with E-state index in [2.05, 4.69) is 27.5 Å². The number of tetrazole rings is 1.